The molecule has 1 saturated heterocycles. The minimum atomic E-state index is -0.0867. The Bertz CT molecular complexity index is 806. The minimum Gasteiger partial charge on any atom is -0.497 e. The maximum atomic E-state index is 12.5. The van der Waals surface area contributed by atoms with Gasteiger partial charge in [0.1, 0.15) is 5.75 Å². The molecule has 0 unspecified atom stereocenters. The molecular weight excluding hydrogens is 346 g/mol. The topological polar surface area (TPSA) is 85.5 Å². The van der Waals surface area contributed by atoms with Gasteiger partial charge in [0, 0.05) is 18.5 Å². The molecular formula is C20H23N3O4. The molecule has 0 spiro atoms. The van der Waals surface area contributed by atoms with Crippen LogP contribution < -0.4 is 4.74 Å². The Morgan fingerprint density at radius 1 is 1.11 bits per heavy atom. The van der Waals surface area contributed by atoms with Gasteiger partial charge in [-0.2, -0.15) is 4.98 Å². The minimum absolute atomic E-state index is 0.00847. The Kier molecular flexibility index (Phi) is 4.92. The molecule has 2 fully saturated rings. The molecule has 2 amide bonds. The largest absolute Gasteiger partial charge is 0.497 e. The molecule has 4 rings (SSSR count). The van der Waals surface area contributed by atoms with Gasteiger partial charge in [-0.3, -0.25) is 14.5 Å². The lowest BCUT2D eigenvalue weighted by atomic mass is 9.81. The van der Waals surface area contributed by atoms with Crippen molar-refractivity contribution in [2.75, 3.05) is 13.7 Å². The SMILES string of the molecule is COc1ccc(-c2noc(CCCN3C(=O)[C@@H]4CCCC[C@H]4C3=O)n2)cc1. The standard InChI is InChI=1S/C20H23N3O4/c1-26-14-10-8-13(9-11-14)18-21-17(27-22-18)7-4-12-23-19(24)15-5-2-3-6-16(15)20(23)25/h8-11,15-16H,2-7,12H2,1H3/t15-,16-/m1/s1. The van der Waals surface area contributed by atoms with Gasteiger partial charge < -0.3 is 9.26 Å². The number of aryl methyl sites for hydroxylation is 1. The number of aromatic nitrogens is 2. The van der Waals surface area contributed by atoms with E-state index in [1.807, 2.05) is 24.3 Å². The van der Waals surface area contributed by atoms with E-state index in [1.54, 1.807) is 7.11 Å². The van der Waals surface area contributed by atoms with Gasteiger partial charge in [-0.15, -0.1) is 0 Å². The van der Waals surface area contributed by atoms with Gasteiger partial charge in [0.15, 0.2) is 0 Å². The monoisotopic (exact) mass is 369 g/mol. The van der Waals surface area contributed by atoms with Gasteiger partial charge in [-0.1, -0.05) is 18.0 Å². The van der Waals surface area contributed by atoms with Crippen LogP contribution >= 0.6 is 0 Å². The summed E-state index contributed by atoms with van der Waals surface area (Å²) in [4.78, 5) is 30.8. The number of fused-ring (bicyclic) bond motifs is 1. The number of likely N-dealkylation sites (tertiary alicyclic amines) is 1. The van der Waals surface area contributed by atoms with E-state index >= 15 is 0 Å². The van der Waals surface area contributed by atoms with E-state index in [-0.39, 0.29) is 23.7 Å². The number of amides is 2. The first kappa shape index (κ1) is 17.7. The number of carbonyl (C=O) groups is 2. The van der Waals surface area contributed by atoms with Crippen LogP contribution in [-0.4, -0.2) is 40.5 Å². The van der Waals surface area contributed by atoms with Crippen molar-refractivity contribution in [3.8, 4) is 17.1 Å². The van der Waals surface area contributed by atoms with Gasteiger partial charge in [-0.25, -0.2) is 0 Å². The van der Waals surface area contributed by atoms with E-state index < -0.39 is 0 Å². The van der Waals surface area contributed by atoms with Crippen LogP contribution in [0.5, 0.6) is 5.75 Å². The van der Waals surface area contributed by atoms with Crippen molar-refractivity contribution in [1.82, 2.24) is 15.0 Å². The Morgan fingerprint density at radius 3 is 2.41 bits per heavy atom. The highest BCUT2D eigenvalue weighted by atomic mass is 16.5. The molecule has 2 aromatic rings. The fourth-order valence-electron chi connectivity index (χ4n) is 4.05. The van der Waals surface area contributed by atoms with Crippen molar-refractivity contribution < 1.29 is 18.8 Å². The van der Waals surface area contributed by atoms with Crippen LogP contribution in [0.1, 0.15) is 38.0 Å². The molecule has 1 saturated carbocycles. The average molecular weight is 369 g/mol. The molecule has 27 heavy (non-hydrogen) atoms. The number of hydrogen-bond donors (Lipinski definition) is 0. The van der Waals surface area contributed by atoms with Crippen molar-refractivity contribution in [2.45, 2.75) is 38.5 Å². The highest BCUT2D eigenvalue weighted by molar-refractivity contribution is 6.05. The first-order valence-corrected chi connectivity index (χ1v) is 9.49. The molecule has 7 nitrogen and oxygen atoms in total. The van der Waals surface area contributed by atoms with Crippen LogP contribution in [0, 0.1) is 11.8 Å². The Morgan fingerprint density at radius 2 is 1.78 bits per heavy atom. The maximum Gasteiger partial charge on any atom is 0.233 e. The summed E-state index contributed by atoms with van der Waals surface area (Å²) in [6.07, 6.45) is 4.95. The number of hydrogen-bond acceptors (Lipinski definition) is 6. The van der Waals surface area contributed by atoms with Gasteiger partial charge in [-0.05, 0) is 43.5 Å². The van der Waals surface area contributed by atoms with Gasteiger partial charge in [0.25, 0.3) is 0 Å². The number of rotatable bonds is 6. The van der Waals surface area contributed by atoms with Crippen LogP contribution in [0.15, 0.2) is 28.8 Å². The highest BCUT2D eigenvalue weighted by Crippen LogP contribution is 2.38. The molecule has 2 atom stereocenters. The molecule has 7 heteroatoms. The molecule has 0 radical (unpaired) electrons. The summed E-state index contributed by atoms with van der Waals surface area (Å²) in [5.74, 6) is 1.64. The summed E-state index contributed by atoms with van der Waals surface area (Å²) < 4.78 is 10.4. The van der Waals surface area contributed by atoms with Gasteiger partial charge >= 0.3 is 0 Å². The number of ether oxygens (including phenoxy) is 1. The first-order chi connectivity index (χ1) is 13.2. The van der Waals surface area contributed by atoms with Gasteiger partial charge in [0.2, 0.25) is 23.5 Å². The lowest BCUT2D eigenvalue weighted by molar-refractivity contribution is -0.139. The summed E-state index contributed by atoms with van der Waals surface area (Å²) in [5.41, 5.74) is 0.847. The summed E-state index contributed by atoms with van der Waals surface area (Å²) in [6, 6.07) is 7.43. The van der Waals surface area contributed by atoms with E-state index in [4.69, 9.17) is 9.26 Å². The van der Waals surface area contributed by atoms with Crippen LogP contribution in [0.2, 0.25) is 0 Å². The first-order valence-electron chi connectivity index (χ1n) is 9.49. The third kappa shape index (κ3) is 3.46. The fourth-order valence-corrected chi connectivity index (χ4v) is 4.05. The van der Waals surface area contributed by atoms with Crippen molar-refractivity contribution in [3.05, 3.63) is 30.2 Å². The Labute approximate surface area is 157 Å². The summed E-state index contributed by atoms with van der Waals surface area (Å²) in [7, 11) is 1.62. The Balaban J connectivity index is 1.34. The van der Waals surface area contributed by atoms with E-state index in [0.717, 1.165) is 37.0 Å². The lowest BCUT2D eigenvalue weighted by Crippen LogP contribution is -2.32. The molecule has 1 aliphatic carbocycles. The highest BCUT2D eigenvalue weighted by Gasteiger charge is 2.47. The third-order valence-electron chi connectivity index (χ3n) is 5.52. The van der Waals surface area contributed by atoms with Crippen LogP contribution in [0.25, 0.3) is 11.4 Å². The second-order valence-electron chi connectivity index (χ2n) is 7.17. The molecule has 2 heterocycles. The summed E-state index contributed by atoms with van der Waals surface area (Å²) in [5, 5.41) is 4.01. The average Bonchev–Trinajstić information content (AvgIpc) is 3.27. The van der Waals surface area contributed by atoms with E-state index in [1.165, 1.54) is 4.90 Å². The molecule has 1 aromatic carbocycles. The number of carbonyl (C=O) groups excluding carboxylic acids is 2. The molecule has 0 bridgehead atoms. The predicted octanol–water partition coefficient (Wildman–Crippen LogP) is 2.85. The zero-order chi connectivity index (χ0) is 18.8. The summed E-state index contributed by atoms with van der Waals surface area (Å²) >= 11 is 0. The number of imide groups is 1. The van der Waals surface area contributed by atoms with Crippen molar-refractivity contribution in [3.63, 3.8) is 0 Å². The third-order valence-corrected chi connectivity index (χ3v) is 5.52. The van der Waals surface area contributed by atoms with Crippen LogP contribution in [0.4, 0.5) is 0 Å². The fraction of sp³-hybridized carbons (Fsp3) is 0.500. The molecule has 1 aliphatic heterocycles. The lowest BCUT2D eigenvalue weighted by Gasteiger charge is -2.19. The van der Waals surface area contributed by atoms with E-state index in [0.29, 0.717) is 31.1 Å². The maximum absolute atomic E-state index is 12.5. The van der Waals surface area contributed by atoms with Crippen LogP contribution in [0.3, 0.4) is 0 Å². The van der Waals surface area contributed by atoms with Gasteiger partial charge in [0.05, 0.1) is 18.9 Å². The molecule has 142 valence electrons. The van der Waals surface area contributed by atoms with Crippen molar-refractivity contribution in [1.29, 1.82) is 0 Å². The Hall–Kier alpha value is -2.70. The molecule has 2 aliphatic rings. The molecule has 0 N–H and O–H groups in total. The molecule has 1 aromatic heterocycles. The number of nitrogens with zero attached hydrogens (tertiary/aromatic N) is 3. The second kappa shape index (κ2) is 7.50. The zero-order valence-electron chi connectivity index (χ0n) is 15.4. The zero-order valence-corrected chi connectivity index (χ0v) is 15.4. The smallest absolute Gasteiger partial charge is 0.233 e. The number of methoxy groups -OCH3 is 1. The van der Waals surface area contributed by atoms with Crippen LogP contribution in [-0.2, 0) is 16.0 Å². The van der Waals surface area contributed by atoms with Crippen molar-refractivity contribution in [2.24, 2.45) is 11.8 Å². The number of benzene rings is 1. The predicted molar refractivity (Wildman–Crippen MR) is 96.8 cm³/mol. The van der Waals surface area contributed by atoms with Crippen molar-refractivity contribution >= 4 is 11.8 Å². The quantitative estimate of drug-likeness (QED) is 0.728. The van der Waals surface area contributed by atoms with E-state index in [9.17, 15) is 9.59 Å². The normalized spacial score (nSPS) is 22.2. The van der Waals surface area contributed by atoms with E-state index in [2.05, 4.69) is 10.1 Å². The second-order valence-corrected chi connectivity index (χ2v) is 7.17. The summed E-state index contributed by atoms with van der Waals surface area (Å²) in [6.45, 7) is 0.422.